The molecule has 2 aromatic rings. The van der Waals surface area contributed by atoms with Gasteiger partial charge in [-0.25, -0.2) is 0 Å². The average molecular weight is 301 g/mol. The molecule has 1 aliphatic heterocycles. The maximum atomic E-state index is 5.91. The Morgan fingerprint density at radius 1 is 1.29 bits per heavy atom. The van der Waals surface area contributed by atoms with Gasteiger partial charge in [-0.15, -0.1) is 11.3 Å². The van der Waals surface area contributed by atoms with Crippen LogP contribution in [0.15, 0.2) is 46.8 Å². The Bertz CT molecular complexity index is 585. The summed E-state index contributed by atoms with van der Waals surface area (Å²) < 4.78 is 5.91. The molecule has 2 heterocycles. The number of aliphatic imine (C=N–C) groups is 1. The molecule has 0 amide bonds. The number of para-hydroxylation sites is 1. The molecule has 5 heteroatoms. The van der Waals surface area contributed by atoms with Crippen LogP contribution in [0.5, 0.6) is 5.75 Å². The smallest absolute Gasteiger partial charge is 0.191 e. The Labute approximate surface area is 128 Å². The first-order valence-electron chi connectivity index (χ1n) is 7.06. The van der Waals surface area contributed by atoms with E-state index in [1.54, 1.807) is 18.4 Å². The second-order valence-electron chi connectivity index (χ2n) is 4.94. The van der Waals surface area contributed by atoms with Crippen molar-refractivity contribution in [2.24, 2.45) is 4.99 Å². The predicted octanol–water partition coefficient (Wildman–Crippen LogP) is 2.42. The fraction of sp³-hybridized carbons (Fsp3) is 0.312. The first kappa shape index (κ1) is 13.9. The van der Waals surface area contributed by atoms with Gasteiger partial charge in [0.1, 0.15) is 11.9 Å². The van der Waals surface area contributed by atoms with E-state index in [-0.39, 0.29) is 6.10 Å². The van der Waals surface area contributed by atoms with Crippen molar-refractivity contribution >= 4 is 17.3 Å². The number of guanidine groups is 1. The van der Waals surface area contributed by atoms with Gasteiger partial charge >= 0.3 is 0 Å². The van der Waals surface area contributed by atoms with Gasteiger partial charge in [0.05, 0.1) is 13.1 Å². The molecule has 0 saturated heterocycles. The molecule has 0 radical (unpaired) electrons. The Hall–Kier alpha value is -2.01. The molecule has 3 rings (SSSR count). The molecule has 0 aliphatic carbocycles. The molecule has 1 aliphatic rings. The minimum atomic E-state index is 0.169. The van der Waals surface area contributed by atoms with Crippen molar-refractivity contribution in [2.45, 2.75) is 19.1 Å². The summed E-state index contributed by atoms with van der Waals surface area (Å²) >= 11 is 1.74. The number of nitrogens with zero attached hydrogens (tertiary/aromatic N) is 1. The third kappa shape index (κ3) is 3.55. The summed E-state index contributed by atoms with van der Waals surface area (Å²) in [6, 6.07) is 12.4. The van der Waals surface area contributed by atoms with E-state index < -0.39 is 0 Å². The minimum absolute atomic E-state index is 0.169. The number of fused-ring (bicyclic) bond motifs is 1. The molecule has 21 heavy (non-hydrogen) atoms. The second-order valence-corrected chi connectivity index (χ2v) is 5.97. The zero-order valence-corrected chi connectivity index (χ0v) is 12.8. The number of benzene rings is 1. The predicted molar refractivity (Wildman–Crippen MR) is 87.1 cm³/mol. The van der Waals surface area contributed by atoms with Crippen LogP contribution in [-0.2, 0) is 13.0 Å². The van der Waals surface area contributed by atoms with Gasteiger partial charge < -0.3 is 15.4 Å². The highest BCUT2D eigenvalue weighted by Crippen LogP contribution is 2.27. The summed E-state index contributed by atoms with van der Waals surface area (Å²) in [5.74, 6) is 1.81. The van der Waals surface area contributed by atoms with Gasteiger partial charge in [-0.05, 0) is 23.1 Å². The van der Waals surface area contributed by atoms with Crippen molar-refractivity contribution in [1.82, 2.24) is 10.6 Å². The van der Waals surface area contributed by atoms with E-state index in [9.17, 15) is 0 Å². The number of rotatable bonds is 4. The van der Waals surface area contributed by atoms with Crippen LogP contribution in [0.2, 0.25) is 0 Å². The van der Waals surface area contributed by atoms with Crippen molar-refractivity contribution < 1.29 is 4.74 Å². The first-order chi connectivity index (χ1) is 10.3. The van der Waals surface area contributed by atoms with Crippen LogP contribution < -0.4 is 15.4 Å². The number of thiophene rings is 1. The molecule has 1 unspecified atom stereocenters. The first-order valence-corrected chi connectivity index (χ1v) is 7.94. The lowest BCUT2D eigenvalue weighted by Crippen LogP contribution is -2.41. The van der Waals surface area contributed by atoms with E-state index in [1.165, 1.54) is 10.4 Å². The van der Waals surface area contributed by atoms with Crippen LogP contribution in [0.25, 0.3) is 0 Å². The van der Waals surface area contributed by atoms with E-state index in [1.807, 2.05) is 12.1 Å². The summed E-state index contributed by atoms with van der Waals surface area (Å²) in [6.45, 7) is 1.54. The van der Waals surface area contributed by atoms with Gasteiger partial charge in [0.15, 0.2) is 5.96 Å². The van der Waals surface area contributed by atoms with Crippen molar-refractivity contribution in [3.63, 3.8) is 0 Å². The van der Waals surface area contributed by atoms with Gasteiger partial charge in [0, 0.05) is 18.3 Å². The normalized spacial score (nSPS) is 17.2. The third-order valence-corrected chi connectivity index (χ3v) is 4.32. The fourth-order valence-corrected chi connectivity index (χ4v) is 3.03. The Morgan fingerprint density at radius 3 is 2.95 bits per heavy atom. The molecule has 0 spiro atoms. The van der Waals surface area contributed by atoms with Crippen LogP contribution in [-0.4, -0.2) is 25.7 Å². The Balaban J connectivity index is 1.46. The average Bonchev–Trinajstić information content (AvgIpc) is 3.16. The quantitative estimate of drug-likeness (QED) is 0.673. The zero-order chi connectivity index (χ0) is 14.5. The topological polar surface area (TPSA) is 45.7 Å². The zero-order valence-electron chi connectivity index (χ0n) is 12.0. The van der Waals surface area contributed by atoms with Gasteiger partial charge in [-0.1, -0.05) is 24.3 Å². The van der Waals surface area contributed by atoms with Crippen LogP contribution in [0.4, 0.5) is 0 Å². The van der Waals surface area contributed by atoms with Crippen molar-refractivity contribution in [2.75, 3.05) is 13.6 Å². The summed E-state index contributed by atoms with van der Waals surface area (Å²) in [5.41, 5.74) is 1.28. The lowest BCUT2D eigenvalue weighted by molar-refractivity contribution is 0.235. The molecular formula is C16H19N3OS. The molecule has 110 valence electrons. The van der Waals surface area contributed by atoms with Crippen LogP contribution >= 0.6 is 11.3 Å². The van der Waals surface area contributed by atoms with E-state index in [0.29, 0.717) is 0 Å². The maximum Gasteiger partial charge on any atom is 0.191 e. The van der Waals surface area contributed by atoms with Crippen LogP contribution in [0.3, 0.4) is 0 Å². The molecule has 0 saturated carbocycles. The third-order valence-electron chi connectivity index (χ3n) is 3.44. The SMILES string of the molecule is CN=C(NCc1cccs1)NCC1Cc2ccccc2O1. The molecule has 2 N–H and O–H groups in total. The van der Waals surface area contributed by atoms with E-state index >= 15 is 0 Å². The van der Waals surface area contributed by atoms with E-state index in [2.05, 4.69) is 45.3 Å². The summed E-state index contributed by atoms with van der Waals surface area (Å²) in [6.07, 6.45) is 1.12. The summed E-state index contributed by atoms with van der Waals surface area (Å²) in [7, 11) is 1.79. The lowest BCUT2D eigenvalue weighted by Gasteiger charge is -2.15. The van der Waals surface area contributed by atoms with Crippen LogP contribution in [0.1, 0.15) is 10.4 Å². The number of hydrogen-bond acceptors (Lipinski definition) is 3. The fourth-order valence-electron chi connectivity index (χ4n) is 2.38. The Kier molecular flexibility index (Phi) is 4.40. The van der Waals surface area contributed by atoms with Gasteiger partial charge in [-0.3, -0.25) is 4.99 Å². The monoisotopic (exact) mass is 301 g/mol. The van der Waals surface area contributed by atoms with Crippen LogP contribution in [0, 0.1) is 0 Å². The van der Waals surface area contributed by atoms with Gasteiger partial charge in [0.2, 0.25) is 0 Å². The second kappa shape index (κ2) is 6.63. The van der Waals surface area contributed by atoms with E-state index in [0.717, 1.165) is 31.2 Å². The molecule has 0 fully saturated rings. The highest BCUT2D eigenvalue weighted by atomic mass is 32.1. The maximum absolute atomic E-state index is 5.91. The highest BCUT2D eigenvalue weighted by Gasteiger charge is 2.22. The molecule has 4 nitrogen and oxygen atoms in total. The van der Waals surface area contributed by atoms with Crippen molar-refractivity contribution in [1.29, 1.82) is 0 Å². The highest BCUT2D eigenvalue weighted by molar-refractivity contribution is 7.09. The standard InChI is InChI=1S/C16H19N3OS/c1-17-16(19-11-14-6-4-8-21-14)18-10-13-9-12-5-2-3-7-15(12)20-13/h2-8,13H,9-11H2,1H3,(H2,17,18,19). The largest absolute Gasteiger partial charge is 0.488 e. The number of nitrogens with one attached hydrogen (secondary N) is 2. The lowest BCUT2D eigenvalue weighted by atomic mass is 10.1. The summed E-state index contributed by atoms with van der Waals surface area (Å²) in [5, 5.41) is 8.72. The summed E-state index contributed by atoms with van der Waals surface area (Å²) in [4.78, 5) is 5.54. The number of ether oxygens (including phenoxy) is 1. The van der Waals surface area contributed by atoms with E-state index in [4.69, 9.17) is 4.74 Å². The van der Waals surface area contributed by atoms with Gasteiger partial charge in [0.25, 0.3) is 0 Å². The number of hydrogen-bond donors (Lipinski definition) is 2. The molecule has 0 bridgehead atoms. The van der Waals surface area contributed by atoms with Crippen molar-refractivity contribution in [3.8, 4) is 5.75 Å². The molecular weight excluding hydrogens is 282 g/mol. The Morgan fingerprint density at radius 2 is 2.19 bits per heavy atom. The minimum Gasteiger partial charge on any atom is -0.488 e. The molecule has 1 atom stereocenters. The van der Waals surface area contributed by atoms with Gasteiger partial charge in [-0.2, -0.15) is 0 Å². The molecule has 1 aromatic heterocycles. The molecule has 1 aromatic carbocycles. The van der Waals surface area contributed by atoms with Crippen molar-refractivity contribution in [3.05, 3.63) is 52.2 Å².